The molecule has 1 aliphatic rings. The zero-order valence-electron chi connectivity index (χ0n) is 7.69. The molecule has 0 aromatic rings. The van der Waals surface area contributed by atoms with Gasteiger partial charge in [-0.05, 0) is 12.2 Å². The molecular weight excluding hydrogens is 188 g/mol. The average Bonchev–Trinajstić information content (AvgIpc) is 2.47. The molecule has 76 valence electrons. The summed E-state index contributed by atoms with van der Waals surface area (Å²) >= 11 is 1.91. The van der Waals surface area contributed by atoms with Gasteiger partial charge < -0.3 is 16.2 Å². The van der Waals surface area contributed by atoms with Gasteiger partial charge in [0.05, 0.1) is 0 Å². The van der Waals surface area contributed by atoms with Crippen molar-refractivity contribution in [2.24, 2.45) is 5.73 Å². The number of hydrogen-bond donors (Lipinski definition) is 3. The zero-order valence-corrected chi connectivity index (χ0v) is 8.51. The normalized spacial score (nSPS) is 30.3. The summed E-state index contributed by atoms with van der Waals surface area (Å²) in [6, 6.07) is 0.402. The Morgan fingerprint density at radius 3 is 3.00 bits per heavy atom. The van der Waals surface area contributed by atoms with Gasteiger partial charge in [-0.2, -0.15) is 11.8 Å². The molecule has 1 saturated heterocycles. The second-order valence-corrected chi connectivity index (χ2v) is 4.78. The fraction of sp³-hybridized carbons (Fsp3) is 0.875. The molecular formula is C8H16N2O2S. The molecule has 4 nitrogen and oxygen atoms in total. The standard InChI is InChI=1S/C8H16N2O2S/c1-5-6(2-3-13-5)10-4-7(11)8(9)12/h5-7,10-11H,2-4H2,1H3,(H2,9,12). The smallest absolute Gasteiger partial charge is 0.247 e. The molecule has 0 aromatic carbocycles. The Hall–Kier alpha value is -0.260. The first kappa shape index (κ1) is 10.8. The van der Waals surface area contributed by atoms with Crippen LogP contribution in [0.15, 0.2) is 0 Å². The third kappa shape index (κ3) is 3.17. The molecule has 0 aliphatic carbocycles. The number of nitrogens with one attached hydrogen (secondary N) is 1. The minimum absolute atomic E-state index is 0.269. The van der Waals surface area contributed by atoms with Crippen molar-refractivity contribution in [3.63, 3.8) is 0 Å². The van der Waals surface area contributed by atoms with E-state index >= 15 is 0 Å². The van der Waals surface area contributed by atoms with Crippen molar-refractivity contribution in [2.45, 2.75) is 30.7 Å². The Bertz CT molecular complexity index is 189. The van der Waals surface area contributed by atoms with Gasteiger partial charge in [-0.15, -0.1) is 0 Å². The Labute approximate surface area is 82.3 Å². The van der Waals surface area contributed by atoms with Crippen molar-refractivity contribution in [1.82, 2.24) is 5.32 Å². The van der Waals surface area contributed by atoms with E-state index < -0.39 is 12.0 Å². The topological polar surface area (TPSA) is 75.3 Å². The Morgan fingerprint density at radius 2 is 2.54 bits per heavy atom. The highest BCUT2D eigenvalue weighted by molar-refractivity contribution is 8.00. The Kier molecular flexibility index (Phi) is 4.02. The predicted octanol–water partition coefficient (Wildman–Crippen LogP) is -0.684. The van der Waals surface area contributed by atoms with E-state index in [-0.39, 0.29) is 6.54 Å². The lowest BCUT2D eigenvalue weighted by molar-refractivity contribution is -0.125. The van der Waals surface area contributed by atoms with E-state index in [1.165, 1.54) is 0 Å². The first-order valence-electron chi connectivity index (χ1n) is 4.43. The first-order valence-corrected chi connectivity index (χ1v) is 5.48. The molecule has 0 radical (unpaired) electrons. The maximum atomic E-state index is 10.5. The second kappa shape index (κ2) is 4.83. The molecule has 0 saturated carbocycles. The second-order valence-electron chi connectivity index (χ2n) is 3.30. The molecule has 0 bridgehead atoms. The quantitative estimate of drug-likeness (QED) is 0.567. The van der Waals surface area contributed by atoms with Crippen molar-refractivity contribution in [2.75, 3.05) is 12.3 Å². The summed E-state index contributed by atoms with van der Waals surface area (Å²) in [5, 5.41) is 12.8. The molecule has 0 spiro atoms. The van der Waals surface area contributed by atoms with Crippen LogP contribution in [0.2, 0.25) is 0 Å². The summed E-state index contributed by atoms with van der Waals surface area (Å²) in [6.07, 6.45) is 0.0370. The maximum Gasteiger partial charge on any atom is 0.247 e. The number of carbonyl (C=O) groups is 1. The number of thioether (sulfide) groups is 1. The molecule has 1 rings (SSSR count). The van der Waals surface area contributed by atoms with E-state index in [2.05, 4.69) is 12.2 Å². The summed E-state index contributed by atoms with van der Waals surface area (Å²) in [5.41, 5.74) is 4.92. The minimum Gasteiger partial charge on any atom is -0.382 e. The van der Waals surface area contributed by atoms with Gasteiger partial charge in [0.25, 0.3) is 0 Å². The highest BCUT2D eigenvalue weighted by Gasteiger charge is 2.24. The van der Waals surface area contributed by atoms with Gasteiger partial charge >= 0.3 is 0 Å². The molecule has 1 amide bonds. The summed E-state index contributed by atoms with van der Waals surface area (Å²) in [5.74, 6) is 0.483. The summed E-state index contributed by atoms with van der Waals surface area (Å²) in [6.45, 7) is 2.41. The van der Waals surface area contributed by atoms with Crippen LogP contribution in [0.3, 0.4) is 0 Å². The van der Waals surface area contributed by atoms with E-state index in [0.29, 0.717) is 11.3 Å². The van der Waals surface area contributed by atoms with Crippen LogP contribution < -0.4 is 11.1 Å². The fourth-order valence-electron chi connectivity index (χ4n) is 1.36. The predicted molar refractivity (Wildman–Crippen MR) is 53.5 cm³/mol. The largest absolute Gasteiger partial charge is 0.382 e. The lowest BCUT2D eigenvalue weighted by Gasteiger charge is -2.17. The van der Waals surface area contributed by atoms with E-state index in [4.69, 9.17) is 10.8 Å². The Balaban J connectivity index is 2.22. The van der Waals surface area contributed by atoms with Crippen molar-refractivity contribution < 1.29 is 9.90 Å². The molecule has 4 N–H and O–H groups in total. The van der Waals surface area contributed by atoms with Crippen LogP contribution in [-0.2, 0) is 4.79 Å². The number of rotatable bonds is 4. The lowest BCUT2D eigenvalue weighted by Crippen LogP contribution is -2.43. The number of primary amides is 1. The van der Waals surface area contributed by atoms with Gasteiger partial charge in [0.2, 0.25) is 5.91 Å². The SMILES string of the molecule is CC1SCCC1NCC(O)C(N)=O. The van der Waals surface area contributed by atoms with Crippen LogP contribution in [0, 0.1) is 0 Å². The van der Waals surface area contributed by atoms with Gasteiger partial charge in [0.15, 0.2) is 0 Å². The van der Waals surface area contributed by atoms with Crippen LogP contribution in [0.5, 0.6) is 0 Å². The lowest BCUT2D eigenvalue weighted by atomic mass is 10.1. The highest BCUT2D eigenvalue weighted by Crippen LogP contribution is 2.25. The Morgan fingerprint density at radius 1 is 1.85 bits per heavy atom. The van der Waals surface area contributed by atoms with Crippen molar-refractivity contribution in [3.8, 4) is 0 Å². The van der Waals surface area contributed by atoms with Gasteiger partial charge in [-0.1, -0.05) is 6.92 Å². The molecule has 5 heteroatoms. The van der Waals surface area contributed by atoms with Crippen LogP contribution in [0.1, 0.15) is 13.3 Å². The van der Waals surface area contributed by atoms with Gasteiger partial charge in [-0.25, -0.2) is 0 Å². The van der Waals surface area contributed by atoms with E-state index in [1.54, 1.807) is 0 Å². The molecule has 1 aliphatic heterocycles. The average molecular weight is 204 g/mol. The zero-order chi connectivity index (χ0) is 9.84. The molecule has 13 heavy (non-hydrogen) atoms. The fourth-order valence-corrected chi connectivity index (χ4v) is 2.59. The monoisotopic (exact) mass is 204 g/mol. The molecule has 3 unspecified atom stereocenters. The number of amides is 1. The van der Waals surface area contributed by atoms with Gasteiger partial charge in [0.1, 0.15) is 6.10 Å². The maximum absolute atomic E-state index is 10.5. The summed E-state index contributed by atoms with van der Waals surface area (Å²) in [4.78, 5) is 10.5. The number of carbonyl (C=O) groups excluding carboxylic acids is 1. The summed E-state index contributed by atoms with van der Waals surface area (Å²) < 4.78 is 0. The van der Waals surface area contributed by atoms with Crippen LogP contribution in [-0.4, -0.2) is 40.7 Å². The van der Waals surface area contributed by atoms with Crippen LogP contribution in [0.4, 0.5) is 0 Å². The third-order valence-electron chi connectivity index (χ3n) is 2.28. The van der Waals surface area contributed by atoms with Crippen molar-refractivity contribution in [3.05, 3.63) is 0 Å². The summed E-state index contributed by atoms with van der Waals surface area (Å²) in [7, 11) is 0. The van der Waals surface area contributed by atoms with Gasteiger partial charge in [0, 0.05) is 17.8 Å². The van der Waals surface area contributed by atoms with Crippen LogP contribution >= 0.6 is 11.8 Å². The van der Waals surface area contributed by atoms with Crippen LogP contribution in [0.25, 0.3) is 0 Å². The first-order chi connectivity index (χ1) is 6.11. The molecule has 3 atom stereocenters. The minimum atomic E-state index is -1.06. The van der Waals surface area contributed by atoms with E-state index in [9.17, 15) is 4.79 Å². The highest BCUT2D eigenvalue weighted by atomic mass is 32.2. The molecule has 1 heterocycles. The number of aliphatic hydroxyl groups excluding tert-OH is 1. The molecule has 0 aromatic heterocycles. The van der Waals surface area contributed by atoms with E-state index in [1.807, 2.05) is 11.8 Å². The van der Waals surface area contributed by atoms with E-state index in [0.717, 1.165) is 12.2 Å². The number of hydrogen-bond acceptors (Lipinski definition) is 4. The number of aliphatic hydroxyl groups is 1. The number of nitrogens with two attached hydrogens (primary N) is 1. The van der Waals surface area contributed by atoms with Gasteiger partial charge in [-0.3, -0.25) is 4.79 Å². The van der Waals surface area contributed by atoms with Crippen molar-refractivity contribution >= 4 is 17.7 Å². The third-order valence-corrected chi connectivity index (χ3v) is 3.60. The van der Waals surface area contributed by atoms with Crippen molar-refractivity contribution in [1.29, 1.82) is 0 Å². The molecule has 1 fully saturated rings.